The lowest BCUT2D eigenvalue weighted by molar-refractivity contribution is -0.145. The zero-order valence-electron chi connectivity index (χ0n) is 37.0. The number of unbranched alkanes of at least 4 members (excludes halogenated alkanes) is 16. The molecule has 5 heteroatoms. The molecule has 0 saturated heterocycles. The molecule has 0 unspecified atom stereocenters. The second kappa shape index (κ2) is 40.6. The molecule has 0 N–H and O–H groups in total. The Bertz CT molecular complexity index is 697. The van der Waals surface area contributed by atoms with Crippen molar-refractivity contribution < 1.29 is 19.1 Å². The summed E-state index contributed by atoms with van der Waals surface area (Å²) >= 11 is 0. The average Bonchev–Trinajstić information content (AvgIpc) is 3.16. The van der Waals surface area contributed by atoms with Gasteiger partial charge in [-0.3, -0.25) is 9.59 Å². The predicted molar refractivity (Wildman–Crippen MR) is 231 cm³/mol. The number of nitrogens with zero attached hydrogens (tertiary/aromatic N) is 1. The summed E-state index contributed by atoms with van der Waals surface area (Å²) in [6, 6.07) is 0. The van der Waals surface area contributed by atoms with E-state index in [1.165, 1.54) is 161 Å². The molecule has 0 aliphatic carbocycles. The summed E-state index contributed by atoms with van der Waals surface area (Å²) in [5.74, 6) is 2.31. The fourth-order valence-electron chi connectivity index (χ4n) is 8.01. The molecule has 0 spiro atoms. The molecule has 0 aliphatic rings. The van der Waals surface area contributed by atoms with Crippen LogP contribution in [0, 0.1) is 17.8 Å². The van der Waals surface area contributed by atoms with E-state index in [1.54, 1.807) is 0 Å². The van der Waals surface area contributed by atoms with Gasteiger partial charge in [-0.15, -0.1) is 0 Å². The van der Waals surface area contributed by atoms with Crippen molar-refractivity contribution in [2.24, 2.45) is 17.8 Å². The van der Waals surface area contributed by atoms with Crippen molar-refractivity contribution in [1.82, 2.24) is 4.90 Å². The van der Waals surface area contributed by atoms with E-state index < -0.39 is 0 Å². The van der Waals surface area contributed by atoms with Gasteiger partial charge >= 0.3 is 11.9 Å². The number of rotatable bonds is 42. The van der Waals surface area contributed by atoms with Crippen molar-refractivity contribution >= 4 is 11.9 Å². The number of carbonyl (C=O) groups excluding carboxylic acids is 2. The van der Waals surface area contributed by atoms with E-state index in [9.17, 15) is 9.59 Å². The van der Waals surface area contributed by atoms with Crippen LogP contribution in [0.1, 0.15) is 247 Å². The van der Waals surface area contributed by atoms with Crippen LogP contribution in [-0.4, -0.2) is 49.7 Å². The van der Waals surface area contributed by atoms with Crippen LogP contribution in [0.5, 0.6) is 0 Å². The highest BCUT2D eigenvalue weighted by atomic mass is 16.5. The summed E-state index contributed by atoms with van der Waals surface area (Å²) in [6.45, 7) is 18.5. The van der Waals surface area contributed by atoms with E-state index in [0.29, 0.717) is 26.1 Å². The monoisotopic (exact) mass is 750 g/mol. The molecule has 0 aromatic rings. The first-order valence-electron chi connectivity index (χ1n) is 24.0. The molecule has 0 heterocycles. The highest BCUT2D eigenvalue weighted by molar-refractivity contribution is 5.69. The van der Waals surface area contributed by atoms with Gasteiger partial charge in [0.2, 0.25) is 0 Å². The van der Waals surface area contributed by atoms with Gasteiger partial charge in [-0.05, 0) is 69.4 Å². The summed E-state index contributed by atoms with van der Waals surface area (Å²) in [4.78, 5) is 27.1. The van der Waals surface area contributed by atoms with Gasteiger partial charge in [0.15, 0.2) is 0 Å². The largest absolute Gasteiger partial charge is 0.466 e. The summed E-state index contributed by atoms with van der Waals surface area (Å²) in [6.07, 6.45) is 38.8. The third-order valence-electron chi connectivity index (χ3n) is 11.8. The van der Waals surface area contributed by atoms with Crippen LogP contribution in [0.4, 0.5) is 0 Å². The minimum absolute atomic E-state index is 0.0159. The molecular weight excluding hydrogens is 655 g/mol. The predicted octanol–water partition coefficient (Wildman–Crippen LogP) is 14.8. The molecule has 0 fully saturated rings. The maximum absolute atomic E-state index is 12.2. The van der Waals surface area contributed by atoms with E-state index in [0.717, 1.165) is 69.4 Å². The fraction of sp³-hybridized carbons (Fsp3) is 0.958. The van der Waals surface area contributed by atoms with Gasteiger partial charge in [-0.1, -0.05) is 196 Å². The minimum Gasteiger partial charge on any atom is -0.466 e. The Morgan fingerprint density at radius 1 is 0.377 bits per heavy atom. The third-order valence-corrected chi connectivity index (χ3v) is 11.8. The number of hydrogen-bond acceptors (Lipinski definition) is 5. The number of hydrogen-bond donors (Lipinski definition) is 0. The standard InChI is InChI=1S/C48H95NO4/c1-7-13-31-44(32-14-8-2)39-41-52-47(50)37-29-25-21-17-19-23-27-35-46(43-49(11-5)12-6)36-28-24-20-18-22-26-30-38-48(51)53-42-40-45(33-15-9-3)34-16-10-4/h44-46H,7-43H2,1-6H3. The maximum atomic E-state index is 12.2. The molecular formula is C48H95NO4. The van der Waals surface area contributed by atoms with Crippen LogP contribution in [-0.2, 0) is 19.1 Å². The van der Waals surface area contributed by atoms with Crippen LogP contribution in [0.25, 0.3) is 0 Å². The van der Waals surface area contributed by atoms with Crippen molar-refractivity contribution in [2.75, 3.05) is 32.8 Å². The fourth-order valence-corrected chi connectivity index (χ4v) is 8.01. The van der Waals surface area contributed by atoms with Gasteiger partial charge in [0.05, 0.1) is 13.2 Å². The van der Waals surface area contributed by atoms with Crippen molar-refractivity contribution in [3.63, 3.8) is 0 Å². The van der Waals surface area contributed by atoms with E-state index >= 15 is 0 Å². The summed E-state index contributed by atoms with van der Waals surface area (Å²) < 4.78 is 11.2. The second-order valence-electron chi connectivity index (χ2n) is 16.7. The van der Waals surface area contributed by atoms with Crippen LogP contribution in [0.15, 0.2) is 0 Å². The van der Waals surface area contributed by atoms with Gasteiger partial charge in [-0.2, -0.15) is 0 Å². The van der Waals surface area contributed by atoms with Crippen molar-refractivity contribution in [2.45, 2.75) is 247 Å². The molecule has 53 heavy (non-hydrogen) atoms. The molecule has 0 radical (unpaired) electrons. The molecule has 0 aromatic carbocycles. The Hall–Kier alpha value is -1.10. The van der Waals surface area contributed by atoms with E-state index in [2.05, 4.69) is 46.4 Å². The van der Waals surface area contributed by atoms with Gasteiger partial charge < -0.3 is 14.4 Å². The zero-order chi connectivity index (χ0) is 39.0. The zero-order valence-corrected chi connectivity index (χ0v) is 37.0. The van der Waals surface area contributed by atoms with Gasteiger partial charge in [-0.25, -0.2) is 0 Å². The van der Waals surface area contributed by atoms with E-state index in [4.69, 9.17) is 9.47 Å². The molecule has 0 atom stereocenters. The minimum atomic E-state index is 0.0159. The maximum Gasteiger partial charge on any atom is 0.305 e. The van der Waals surface area contributed by atoms with Crippen molar-refractivity contribution in [3.05, 3.63) is 0 Å². The number of carbonyl (C=O) groups is 2. The molecule has 0 aliphatic heterocycles. The summed E-state index contributed by atoms with van der Waals surface area (Å²) in [5.41, 5.74) is 0. The summed E-state index contributed by atoms with van der Waals surface area (Å²) in [5, 5.41) is 0. The first kappa shape index (κ1) is 51.9. The van der Waals surface area contributed by atoms with Gasteiger partial charge in [0.1, 0.15) is 0 Å². The molecule has 5 nitrogen and oxygen atoms in total. The van der Waals surface area contributed by atoms with Crippen molar-refractivity contribution in [3.8, 4) is 0 Å². The van der Waals surface area contributed by atoms with Crippen LogP contribution in [0.3, 0.4) is 0 Å². The highest BCUT2D eigenvalue weighted by Gasteiger charge is 2.14. The Morgan fingerprint density at radius 2 is 0.679 bits per heavy atom. The first-order valence-corrected chi connectivity index (χ1v) is 24.0. The molecule has 0 aromatic heterocycles. The van der Waals surface area contributed by atoms with Crippen LogP contribution >= 0.6 is 0 Å². The number of esters is 2. The Kier molecular flexibility index (Phi) is 39.7. The lowest BCUT2D eigenvalue weighted by Crippen LogP contribution is -2.29. The number of ether oxygens (including phenoxy) is 2. The normalized spacial score (nSPS) is 11.8. The van der Waals surface area contributed by atoms with Gasteiger partial charge in [0, 0.05) is 19.4 Å². The average molecular weight is 750 g/mol. The SMILES string of the molecule is CCCCC(CCCC)CCOC(=O)CCCCCCCCCC(CCCCCCCCCC(=O)OCCC(CCCC)CCCC)CN(CC)CC. The van der Waals surface area contributed by atoms with E-state index in [1.807, 2.05) is 0 Å². The lowest BCUT2D eigenvalue weighted by atomic mass is 9.93. The molecule has 0 rings (SSSR count). The molecule has 316 valence electrons. The Labute approximate surface area is 332 Å². The molecule has 0 amide bonds. The Morgan fingerprint density at radius 3 is 1.00 bits per heavy atom. The Balaban J connectivity index is 3.99. The third kappa shape index (κ3) is 35.1. The van der Waals surface area contributed by atoms with Crippen molar-refractivity contribution in [1.29, 1.82) is 0 Å². The van der Waals surface area contributed by atoms with Gasteiger partial charge in [0.25, 0.3) is 0 Å². The first-order chi connectivity index (χ1) is 25.9. The highest BCUT2D eigenvalue weighted by Crippen LogP contribution is 2.23. The molecule has 0 saturated carbocycles. The molecule has 0 bridgehead atoms. The van der Waals surface area contributed by atoms with Crippen LogP contribution in [0.2, 0.25) is 0 Å². The summed E-state index contributed by atoms with van der Waals surface area (Å²) in [7, 11) is 0. The topological polar surface area (TPSA) is 55.8 Å². The second-order valence-corrected chi connectivity index (χ2v) is 16.7. The van der Waals surface area contributed by atoms with E-state index in [-0.39, 0.29) is 11.9 Å². The lowest BCUT2D eigenvalue weighted by Gasteiger charge is -2.25. The van der Waals surface area contributed by atoms with Crippen LogP contribution < -0.4 is 0 Å². The smallest absolute Gasteiger partial charge is 0.305 e. The quantitative estimate of drug-likeness (QED) is 0.0459.